The number of hydrogen-bond acceptors (Lipinski definition) is 1. The summed E-state index contributed by atoms with van der Waals surface area (Å²) < 4.78 is 0. The fourth-order valence-corrected chi connectivity index (χ4v) is 3.04. The maximum absolute atomic E-state index is 4.04. The summed E-state index contributed by atoms with van der Waals surface area (Å²) in [5, 5.41) is 0. The molecule has 3 aromatic carbocycles. The van der Waals surface area contributed by atoms with Crippen LogP contribution < -0.4 is 4.90 Å². The molecule has 0 atom stereocenters. The van der Waals surface area contributed by atoms with Crippen molar-refractivity contribution in [3.8, 4) is 0 Å². The van der Waals surface area contributed by atoms with Crippen molar-refractivity contribution in [3.05, 3.63) is 109 Å². The third-order valence-corrected chi connectivity index (χ3v) is 4.20. The highest BCUT2D eigenvalue weighted by Crippen LogP contribution is 2.39. The lowest BCUT2D eigenvalue weighted by molar-refractivity contribution is 1.27. The van der Waals surface area contributed by atoms with Crippen molar-refractivity contribution in [2.75, 3.05) is 4.90 Å². The van der Waals surface area contributed by atoms with Gasteiger partial charge >= 0.3 is 0 Å². The van der Waals surface area contributed by atoms with Crippen molar-refractivity contribution in [2.24, 2.45) is 0 Å². The van der Waals surface area contributed by atoms with Gasteiger partial charge in [-0.3, -0.25) is 0 Å². The molecule has 0 saturated heterocycles. The number of para-hydroxylation sites is 2. The second kappa shape index (κ2) is 7.50. The van der Waals surface area contributed by atoms with Crippen LogP contribution in [0, 0.1) is 0 Å². The highest BCUT2D eigenvalue weighted by atomic mass is 15.1. The standard InChI is InChI=1S/C24H21N/c1-4-19-17-18-24(23(6-3)22(19)5-2)25(20-13-9-7-10-14-20)21-15-11-8-12-16-21/h4-18H,1-3H2. The summed E-state index contributed by atoms with van der Waals surface area (Å²) in [4.78, 5) is 2.23. The zero-order chi connectivity index (χ0) is 17.6. The van der Waals surface area contributed by atoms with Crippen molar-refractivity contribution in [3.63, 3.8) is 0 Å². The highest BCUT2D eigenvalue weighted by molar-refractivity contribution is 5.87. The van der Waals surface area contributed by atoms with Crippen LogP contribution in [-0.2, 0) is 0 Å². The number of rotatable bonds is 6. The maximum atomic E-state index is 4.04. The molecule has 0 fully saturated rings. The summed E-state index contributed by atoms with van der Waals surface area (Å²) in [7, 11) is 0. The van der Waals surface area contributed by atoms with Gasteiger partial charge in [-0.1, -0.05) is 80.4 Å². The van der Waals surface area contributed by atoms with Crippen LogP contribution in [0.4, 0.5) is 17.1 Å². The second-order valence-corrected chi connectivity index (χ2v) is 5.62. The van der Waals surface area contributed by atoms with Crippen molar-refractivity contribution in [1.29, 1.82) is 0 Å². The first-order chi connectivity index (χ1) is 12.3. The van der Waals surface area contributed by atoms with Crippen LogP contribution in [0.15, 0.2) is 92.5 Å². The minimum Gasteiger partial charge on any atom is -0.310 e. The molecule has 0 radical (unpaired) electrons. The lowest BCUT2D eigenvalue weighted by Crippen LogP contribution is -2.12. The quantitative estimate of drug-likeness (QED) is 0.468. The molecule has 0 aromatic heterocycles. The van der Waals surface area contributed by atoms with E-state index in [4.69, 9.17) is 0 Å². The van der Waals surface area contributed by atoms with E-state index >= 15 is 0 Å². The number of anilines is 3. The smallest absolute Gasteiger partial charge is 0.0540 e. The van der Waals surface area contributed by atoms with Crippen LogP contribution in [0.3, 0.4) is 0 Å². The zero-order valence-electron chi connectivity index (χ0n) is 14.2. The lowest BCUT2D eigenvalue weighted by atomic mass is 9.97. The molecule has 3 rings (SSSR count). The van der Waals surface area contributed by atoms with Crippen LogP contribution in [-0.4, -0.2) is 0 Å². The monoisotopic (exact) mass is 323 g/mol. The van der Waals surface area contributed by atoms with Crippen LogP contribution in [0.5, 0.6) is 0 Å². The topological polar surface area (TPSA) is 3.24 Å². The largest absolute Gasteiger partial charge is 0.310 e. The van der Waals surface area contributed by atoms with E-state index in [0.717, 1.165) is 33.8 Å². The van der Waals surface area contributed by atoms with Crippen molar-refractivity contribution >= 4 is 35.3 Å². The van der Waals surface area contributed by atoms with Gasteiger partial charge in [-0.05, 0) is 41.5 Å². The number of nitrogens with zero attached hydrogens (tertiary/aromatic N) is 1. The average Bonchev–Trinajstić information content (AvgIpc) is 2.69. The molecule has 1 nitrogen and oxygen atoms in total. The molecule has 0 aliphatic rings. The van der Waals surface area contributed by atoms with E-state index in [-0.39, 0.29) is 0 Å². The van der Waals surface area contributed by atoms with Gasteiger partial charge in [-0.25, -0.2) is 0 Å². The molecule has 25 heavy (non-hydrogen) atoms. The molecule has 0 spiro atoms. The number of benzene rings is 3. The Kier molecular flexibility index (Phi) is 4.96. The Morgan fingerprint density at radius 1 is 0.560 bits per heavy atom. The summed E-state index contributed by atoms with van der Waals surface area (Å²) in [5.74, 6) is 0. The molecule has 0 amide bonds. The Balaban J connectivity index is 2.30. The summed E-state index contributed by atoms with van der Waals surface area (Å²) >= 11 is 0. The fourth-order valence-electron chi connectivity index (χ4n) is 3.04. The van der Waals surface area contributed by atoms with E-state index in [2.05, 4.69) is 61.0 Å². The molecule has 0 aliphatic carbocycles. The minimum absolute atomic E-state index is 1.04. The average molecular weight is 323 g/mol. The second-order valence-electron chi connectivity index (χ2n) is 5.62. The van der Waals surface area contributed by atoms with Gasteiger partial charge in [0.2, 0.25) is 0 Å². The Morgan fingerprint density at radius 2 is 1.08 bits per heavy atom. The summed E-state index contributed by atoms with van der Waals surface area (Å²) in [6.07, 6.45) is 5.60. The fraction of sp³-hybridized carbons (Fsp3) is 0. The molecule has 122 valence electrons. The van der Waals surface area contributed by atoms with E-state index in [9.17, 15) is 0 Å². The summed E-state index contributed by atoms with van der Waals surface area (Å²) in [5.41, 5.74) is 6.39. The van der Waals surface area contributed by atoms with Gasteiger partial charge in [0.05, 0.1) is 5.69 Å². The van der Waals surface area contributed by atoms with E-state index in [0.29, 0.717) is 0 Å². The molecule has 3 aromatic rings. The van der Waals surface area contributed by atoms with Gasteiger partial charge < -0.3 is 4.90 Å². The molecule has 0 saturated carbocycles. The van der Waals surface area contributed by atoms with Gasteiger partial charge in [0, 0.05) is 16.9 Å². The van der Waals surface area contributed by atoms with Gasteiger partial charge in [-0.2, -0.15) is 0 Å². The van der Waals surface area contributed by atoms with Crippen molar-refractivity contribution < 1.29 is 0 Å². The molecule has 1 heteroatoms. The van der Waals surface area contributed by atoms with Crippen LogP contribution in [0.1, 0.15) is 16.7 Å². The predicted octanol–water partition coefficient (Wildman–Crippen LogP) is 7.09. The van der Waals surface area contributed by atoms with Gasteiger partial charge in [0.25, 0.3) is 0 Å². The lowest BCUT2D eigenvalue weighted by Gasteiger charge is -2.28. The third kappa shape index (κ3) is 3.17. The molecule has 0 aliphatic heterocycles. The van der Waals surface area contributed by atoms with Crippen LogP contribution in [0.2, 0.25) is 0 Å². The van der Waals surface area contributed by atoms with Crippen molar-refractivity contribution in [2.45, 2.75) is 0 Å². The summed E-state index contributed by atoms with van der Waals surface area (Å²) in [6.45, 7) is 11.9. The van der Waals surface area contributed by atoms with Gasteiger partial charge in [0.15, 0.2) is 0 Å². The predicted molar refractivity (Wildman–Crippen MR) is 111 cm³/mol. The van der Waals surface area contributed by atoms with Crippen LogP contribution in [0.25, 0.3) is 18.2 Å². The zero-order valence-corrected chi connectivity index (χ0v) is 14.2. The van der Waals surface area contributed by atoms with Crippen molar-refractivity contribution in [1.82, 2.24) is 0 Å². The van der Waals surface area contributed by atoms with Gasteiger partial charge in [0.1, 0.15) is 0 Å². The van der Waals surface area contributed by atoms with Crippen LogP contribution >= 0.6 is 0 Å². The minimum atomic E-state index is 1.04. The Morgan fingerprint density at radius 3 is 1.52 bits per heavy atom. The highest BCUT2D eigenvalue weighted by Gasteiger charge is 2.17. The third-order valence-electron chi connectivity index (χ3n) is 4.20. The first-order valence-corrected chi connectivity index (χ1v) is 8.24. The first kappa shape index (κ1) is 16.5. The van der Waals surface area contributed by atoms with E-state index in [1.165, 1.54) is 0 Å². The molecule has 0 N–H and O–H groups in total. The first-order valence-electron chi connectivity index (χ1n) is 8.24. The SMILES string of the molecule is C=Cc1ccc(N(c2ccccc2)c2ccccc2)c(C=C)c1C=C. The Hall–Kier alpha value is -3.32. The van der Waals surface area contributed by atoms with E-state index in [1.807, 2.05) is 54.6 Å². The van der Waals surface area contributed by atoms with Gasteiger partial charge in [-0.15, -0.1) is 0 Å². The molecular formula is C24H21N. The van der Waals surface area contributed by atoms with E-state index in [1.54, 1.807) is 0 Å². The molecular weight excluding hydrogens is 302 g/mol. The maximum Gasteiger partial charge on any atom is 0.0540 e. The number of hydrogen-bond donors (Lipinski definition) is 0. The molecule has 0 heterocycles. The van der Waals surface area contributed by atoms with E-state index < -0.39 is 0 Å². The summed E-state index contributed by atoms with van der Waals surface area (Å²) in [6, 6.07) is 24.8. The Labute approximate surface area is 149 Å². The normalized spacial score (nSPS) is 10.1. The Bertz CT molecular complexity index is 853. The molecule has 0 unspecified atom stereocenters. The molecule has 0 bridgehead atoms.